The molecule has 3 aromatic rings. The van der Waals surface area contributed by atoms with Gasteiger partial charge in [-0.25, -0.2) is 0 Å². The van der Waals surface area contributed by atoms with E-state index in [4.69, 9.17) is 8.94 Å². The second-order valence-corrected chi connectivity index (χ2v) is 5.30. The summed E-state index contributed by atoms with van der Waals surface area (Å²) in [5, 5.41) is 3.93. The van der Waals surface area contributed by atoms with Gasteiger partial charge in [0.25, 0.3) is 5.89 Å². The molecule has 0 bridgehead atoms. The predicted molar refractivity (Wildman–Crippen MR) is 72.8 cm³/mol. The van der Waals surface area contributed by atoms with Crippen molar-refractivity contribution in [3.05, 3.63) is 45.5 Å². The molecule has 0 radical (unpaired) electrons. The molecule has 18 heavy (non-hydrogen) atoms. The molecule has 0 saturated carbocycles. The number of aromatic nitrogens is 2. The van der Waals surface area contributed by atoms with Crippen LogP contribution in [-0.2, 0) is 0 Å². The van der Waals surface area contributed by atoms with Gasteiger partial charge < -0.3 is 8.94 Å². The fourth-order valence-electron chi connectivity index (χ4n) is 1.48. The van der Waals surface area contributed by atoms with Crippen LogP contribution in [0.1, 0.15) is 0 Å². The molecule has 2 heterocycles. The maximum Gasteiger partial charge on any atom is 0.295 e. The van der Waals surface area contributed by atoms with E-state index in [0.717, 1.165) is 14.5 Å². The van der Waals surface area contributed by atoms with Crippen LogP contribution in [0.15, 0.2) is 54.5 Å². The lowest BCUT2D eigenvalue weighted by molar-refractivity contribution is 0.416. The predicted octanol–water partition coefficient (Wildman–Crippen LogP) is 4.52. The highest BCUT2D eigenvalue weighted by molar-refractivity contribution is 9.10. The molecule has 6 heteroatoms. The second-order valence-electron chi connectivity index (χ2n) is 3.53. The van der Waals surface area contributed by atoms with Crippen molar-refractivity contribution < 1.29 is 8.94 Å². The Morgan fingerprint density at radius 3 is 2.44 bits per heavy atom. The molecule has 0 aliphatic rings. The zero-order valence-electron chi connectivity index (χ0n) is 8.93. The summed E-state index contributed by atoms with van der Waals surface area (Å²) in [6, 6.07) is 9.45. The first-order valence-electron chi connectivity index (χ1n) is 5.07. The fraction of sp³-hybridized carbons (Fsp3) is 0. The highest BCUT2D eigenvalue weighted by atomic mass is 79.9. The van der Waals surface area contributed by atoms with Crippen molar-refractivity contribution in [1.29, 1.82) is 0 Å². The Balaban J connectivity index is 1.99. The summed E-state index contributed by atoms with van der Waals surface area (Å²) in [4.78, 5) is 4.30. The van der Waals surface area contributed by atoms with Crippen molar-refractivity contribution in [3.63, 3.8) is 0 Å². The van der Waals surface area contributed by atoms with E-state index in [1.54, 1.807) is 12.3 Å². The highest BCUT2D eigenvalue weighted by Gasteiger charge is 2.15. The van der Waals surface area contributed by atoms with Crippen molar-refractivity contribution in [2.75, 3.05) is 0 Å². The van der Waals surface area contributed by atoms with Crippen molar-refractivity contribution in [3.8, 4) is 23.0 Å². The topological polar surface area (TPSA) is 52.1 Å². The Morgan fingerprint density at radius 2 is 1.78 bits per heavy atom. The third kappa shape index (κ3) is 2.13. The maximum atomic E-state index is 5.27. The van der Waals surface area contributed by atoms with Gasteiger partial charge in [0.2, 0.25) is 11.6 Å². The van der Waals surface area contributed by atoms with Crippen LogP contribution in [0.4, 0.5) is 0 Å². The molecular formula is C12H6Br2N2O2. The van der Waals surface area contributed by atoms with Crippen molar-refractivity contribution in [2.24, 2.45) is 0 Å². The number of hydrogen-bond donors (Lipinski definition) is 0. The van der Waals surface area contributed by atoms with Crippen LogP contribution < -0.4 is 0 Å². The summed E-state index contributed by atoms with van der Waals surface area (Å²) in [6.07, 6.45) is 1.56. The molecule has 0 aliphatic carbocycles. The molecule has 3 rings (SSSR count). The fourth-order valence-corrected chi connectivity index (χ4v) is 2.11. The van der Waals surface area contributed by atoms with Crippen LogP contribution in [-0.4, -0.2) is 10.1 Å². The smallest absolute Gasteiger partial charge is 0.295 e. The molecule has 0 atom stereocenters. The number of halogens is 2. The van der Waals surface area contributed by atoms with E-state index < -0.39 is 0 Å². The van der Waals surface area contributed by atoms with Gasteiger partial charge in [-0.05, 0) is 46.3 Å². The number of rotatable bonds is 2. The molecule has 0 amide bonds. The molecular weight excluding hydrogens is 364 g/mol. The summed E-state index contributed by atoms with van der Waals surface area (Å²) in [5.41, 5.74) is 0.885. The molecule has 0 N–H and O–H groups in total. The number of furan rings is 1. The Hall–Kier alpha value is -1.40. The number of hydrogen-bond acceptors (Lipinski definition) is 4. The summed E-state index contributed by atoms with van der Waals surface area (Å²) in [5.74, 6) is 1.41. The lowest BCUT2D eigenvalue weighted by atomic mass is 10.2. The molecule has 0 fully saturated rings. The number of benzene rings is 1. The van der Waals surface area contributed by atoms with Gasteiger partial charge in [0.05, 0.1) is 10.7 Å². The highest BCUT2D eigenvalue weighted by Crippen LogP contribution is 2.29. The van der Waals surface area contributed by atoms with Gasteiger partial charge in [0.15, 0.2) is 0 Å². The van der Waals surface area contributed by atoms with Gasteiger partial charge in [-0.15, -0.1) is 0 Å². The summed E-state index contributed by atoms with van der Waals surface area (Å²) in [7, 11) is 0. The van der Waals surface area contributed by atoms with Crippen LogP contribution in [0.2, 0.25) is 0 Å². The first-order valence-corrected chi connectivity index (χ1v) is 6.65. The molecule has 2 aromatic heterocycles. The summed E-state index contributed by atoms with van der Waals surface area (Å²) >= 11 is 6.73. The second kappa shape index (κ2) is 4.70. The average Bonchev–Trinajstić information content (AvgIpc) is 2.98. The van der Waals surface area contributed by atoms with Gasteiger partial charge in [-0.2, -0.15) is 4.98 Å². The Morgan fingerprint density at radius 1 is 1.00 bits per heavy atom. The summed E-state index contributed by atoms with van der Waals surface area (Å²) in [6.45, 7) is 0. The first-order chi connectivity index (χ1) is 8.74. The van der Waals surface area contributed by atoms with E-state index in [1.807, 2.05) is 24.3 Å². The van der Waals surface area contributed by atoms with Gasteiger partial charge in [-0.3, -0.25) is 0 Å². The third-order valence-electron chi connectivity index (χ3n) is 2.34. The van der Waals surface area contributed by atoms with Crippen LogP contribution in [0, 0.1) is 0 Å². The minimum absolute atomic E-state index is 0.352. The minimum Gasteiger partial charge on any atom is -0.458 e. The van der Waals surface area contributed by atoms with E-state index in [-0.39, 0.29) is 0 Å². The molecule has 0 aliphatic heterocycles. The molecule has 0 saturated heterocycles. The van der Waals surface area contributed by atoms with Crippen molar-refractivity contribution >= 4 is 31.9 Å². The number of nitrogens with zero attached hydrogens (tertiary/aromatic N) is 2. The minimum atomic E-state index is 0.352. The molecule has 0 unspecified atom stereocenters. The van der Waals surface area contributed by atoms with Crippen LogP contribution in [0.5, 0.6) is 0 Å². The summed E-state index contributed by atoms with van der Waals surface area (Å²) < 4.78 is 12.2. The largest absolute Gasteiger partial charge is 0.458 e. The lowest BCUT2D eigenvalue weighted by Gasteiger charge is -1.93. The molecule has 1 aromatic carbocycles. The van der Waals surface area contributed by atoms with Crippen molar-refractivity contribution in [2.45, 2.75) is 0 Å². The standard InChI is InChI=1S/C12H6Br2N2O2/c13-8-3-1-7(2-4-8)11-15-12(18-16-11)10-9(14)5-6-17-10/h1-6H. The zero-order chi connectivity index (χ0) is 12.5. The van der Waals surface area contributed by atoms with E-state index in [9.17, 15) is 0 Å². The van der Waals surface area contributed by atoms with E-state index >= 15 is 0 Å². The zero-order valence-corrected chi connectivity index (χ0v) is 12.1. The Labute approximate surface area is 119 Å². The van der Waals surface area contributed by atoms with E-state index in [1.165, 1.54) is 0 Å². The Kier molecular flexibility index (Phi) is 3.05. The SMILES string of the molecule is Brc1ccc(-c2noc(-c3occc3Br)n2)cc1. The van der Waals surface area contributed by atoms with E-state index in [2.05, 4.69) is 42.0 Å². The van der Waals surface area contributed by atoms with Crippen LogP contribution in [0.3, 0.4) is 0 Å². The molecule has 90 valence electrons. The van der Waals surface area contributed by atoms with Crippen LogP contribution >= 0.6 is 31.9 Å². The normalized spacial score (nSPS) is 10.8. The van der Waals surface area contributed by atoms with Crippen LogP contribution in [0.25, 0.3) is 23.0 Å². The molecule has 0 spiro atoms. The Bertz CT molecular complexity index is 673. The van der Waals surface area contributed by atoms with E-state index in [0.29, 0.717) is 17.5 Å². The van der Waals surface area contributed by atoms with Crippen molar-refractivity contribution in [1.82, 2.24) is 10.1 Å². The van der Waals surface area contributed by atoms with Gasteiger partial charge >= 0.3 is 0 Å². The quantitative estimate of drug-likeness (QED) is 0.666. The maximum absolute atomic E-state index is 5.27. The monoisotopic (exact) mass is 368 g/mol. The third-order valence-corrected chi connectivity index (χ3v) is 3.49. The average molecular weight is 370 g/mol. The lowest BCUT2D eigenvalue weighted by Crippen LogP contribution is -1.80. The van der Waals surface area contributed by atoms with Gasteiger partial charge in [0, 0.05) is 10.0 Å². The molecule has 4 nitrogen and oxygen atoms in total. The van der Waals surface area contributed by atoms with Gasteiger partial charge in [0.1, 0.15) is 0 Å². The van der Waals surface area contributed by atoms with Gasteiger partial charge in [-0.1, -0.05) is 21.1 Å². The first kappa shape index (κ1) is 11.7.